The molecule has 176 valence electrons. The predicted octanol–water partition coefficient (Wildman–Crippen LogP) is 4.68. The molecule has 3 aromatic carbocycles. The maximum Gasteiger partial charge on any atom is 0.190 e. The van der Waals surface area contributed by atoms with Crippen molar-refractivity contribution in [1.82, 2.24) is 5.32 Å². The number of ether oxygens (including phenoxy) is 2. The zero-order valence-corrected chi connectivity index (χ0v) is 18.5. The van der Waals surface area contributed by atoms with E-state index in [1.165, 1.54) is 24.3 Å². The molecule has 3 aromatic rings. The molecule has 34 heavy (non-hydrogen) atoms. The zero-order chi connectivity index (χ0) is 23.7. The zero-order valence-electron chi connectivity index (χ0n) is 18.5. The van der Waals surface area contributed by atoms with Crippen LogP contribution in [0, 0.1) is 11.6 Å². The molecular formula is C27H26F2N2O3. The van der Waals surface area contributed by atoms with E-state index in [9.17, 15) is 13.9 Å². The molecule has 0 saturated carbocycles. The minimum atomic E-state index is -0.644. The van der Waals surface area contributed by atoms with Crippen LogP contribution in [0.4, 0.5) is 14.5 Å². The molecule has 2 heterocycles. The maximum atomic E-state index is 13.5. The quantitative estimate of drug-likeness (QED) is 0.495. The van der Waals surface area contributed by atoms with Gasteiger partial charge < -0.3 is 25.2 Å². The van der Waals surface area contributed by atoms with E-state index >= 15 is 0 Å². The van der Waals surface area contributed by atoms with Crippen LogP contribution in [0.1, 0.15) is 29.0 Å². The number of hydrogen-bond acceptors (Lipinski definition) is 5. The summed E-state index contributed by atoms with van der Waals surface area (Å²) in [5.41, 5.74) is 3.60. The van der Waals surface area contributed by atoms with Crippen molar-refractivity contribution in [2.45, 2.75) is 37.1 Å². The predicted molar refractivity (Wildman–Crippen MR) is 125 cm³/mol. The Kier molecular flexibility index (Phi) is 6.32. The molecule has 0 bridgehead atoms. The SMILES string of the molecule is C=C1Nc2ccc(CNC3COC(C(c4ccc(F)cc4)c4ccc(F)cc4)CC3O)cc2O1. The lowest BCUT2D eigenvalue weighted by Crippen LogP contribution is -2.50. The molecular weight excluding hydrogens is 438 g/mol. The van der Waals surface area contributed by atoms with E-state index < -0.39 is 6.10 Å². The van der Waals surface area contributed by atoms with Crippen molar-refractivity contribution in [3.8, 4) is 5.75 Å². The summed E-state index contributed by atoms with van der Waals surface area (Å²) in [6.07, 6.45) is -0.600. The fraction of sp³-hybridized carbons (Fsp3) is 0.259. The third-order valence-corrected chi connectivity index (χ3v) is 6.38. The van der Waals surface area contributed by atoms with Crippen molar-refractivity contribution < 1.29 is 23.4 Å². The standard InChI is InChI=1S/C27H26F2N2O3/c1-16-31-22-11-2-17(12-25(22)34-16)14-30-23-15-33-26(13-24(23)32)27(18-3-7-20(28)8-4-18)19-5-9-21(29)10-6-19/h2-12,23-24,26-27,30-32H,1,13-15H2. The summed E-state index contributed by atoms with van der Waals surface area (Å²) >= 11 is 0. The van der Waals surface area contributed by atoms with Gasteiger partial charge in [0, 0.05) is 18.9 Å². The molecule has 1 saturated heterocycles. The second kappa shape index (κ2) is 9.54. The number of benzene rings is 3. The first-order valence-electron chi connectivity index (χ1n) is 11.3. The first kappa shape index (κ1) is 22.5. The fourth-order valence-corrected chi connectivity index (χ4v) is 4.62. The van der Waals surface area contributed by atoms with Crippen LogP contribution < -0.4 is 15.4 Å². The molecule has 0 aliphatic carbocycles. The van der Waals surface area contributed by atoms with Crippen molar-refractivity contribution >= 4 is 5.69 Å². The van der Waals surface area contributed by atoms with Crippen LogP contribution in [-0.2, 0) is 11.3 Å². The third-order valence-electron chi connectivity index (χ3n) is 6.38. The highest BCUT2D eigenvalue weighted by Crippen LogP contribution is 2.36. The van der Waals surface area contributed by atoms with E-state index in [1.807, 2.05) is 18.2 Å². The lowest BCUT2D eigenvalue weighted by atomic mass is 9.82. The lowest BCUT2D eigenvalue weighted by molar-refractivity contribution is -0.0718. The van der Waals surface area contributed by atoms with Gasteiger partial charge in [0.05, 0.1) is 30.5 Å². The van der Waals surface area contributed by atoms with Gasteiger partial charge in [0.1, 0.15) is 11.6 Å². The van der Waals surface area contributed by atoms with Gasteiger partial charge >= 0.3 is 0 Å². The molecule has 7 heteroatoms. The number of hydrogen-bond donors (Lipinski definition) is 3. The molecule has 0 spiro atoms. The van der Waals surface area contributed by atoms with E-state index in [4.69, 9.17) is 9.47 Å². The molecule has 2 aliphatic heterocycles. The summed E-state index contributed by atoms with van der Waals surface area (Å²) in [5, 5.41) is 17.3. The Morgan fingerprint density at radius 1 is 1.00 bits per heavy atom. The molecule has 0 radical (unpaired) electrons. The Hall–Kier alpha value is -3.26. The summed E-state index contributed by atoms with van der Waals surface area (Å²) in [6.45, 7) is 4.62. The lowest BCUT2D eigenvalue weighted by Gasteiger charge is -2.38. The summed E-state index contributed by atoms with van der Waals surface area (Å²) in [4.78, 5) is 0. The van der Waals surface area contributed by atoms with E-state index in [2.05, 4.69) is 17.2 Å². The van der Waals surface area contributed by atoms with Crippen LogP contribution in [0.15, 0.2) is 79.2 Å². The highest BCUT2D eigenvalue weighted by molar-refractivity contribution is 5.64. The monoisotopic (exact) mass is 464 g/mol. The van der Waals surface area contributed by atoms with E-state index in [-0.39, 0.29) is 29.7 Å². The van der Waals surface area contributed by atoms with E-state index in [1.54, 1.807) is 24.3 Å². The summed E-state index contributed by atoms with van der Waals surface area (Å²) in [7, 11) is 0. The summed E-state index contributed by atoms with van der Waals surface area (Å²) < 4.78 is 38.8. The van der Waals surface area contributed by atoms with Gasteiger partial charge in [-0.25, -0.2) is 8.78 Å². The average molecular weight is 465 g/mol. The number of rotatable bonds is 6. The van der Waals surface area contributed by atoms with E-state index in [0.29, 0.717) is 25.5 Å². The van der Waals surface area contributed by atoms with Crippen molar-refractivity contribution in [3.05, 3.63) is 108 Å². The second-order valence-electron chi connectivity index (χ2n) is 8.72. The third kappa shape index (κ3) is 4.82. The van der Waals surface area contributed by atoms with Gasteiger partial charge in [0.25, 0.3) is 0 Å². The molecule has 3 atom stereocenters. The van der Waals surface area contributed by atoms with Crippen molar-refractivity contribution in [2.24, 2.45) is 0 Å². The highest BCUT2D eigenvalue weighted by atomic mass is 19.1. The Balaban J connectivity index is 1.27. The number of aliphatic hydroxyl groups excluding tert-OH is 1. The van der Waals surface area contributed by atoms with Gasteiger partial charge in [0.15, 0.2) is 11.6 Å². The van der Waals surface area contributed by atoms with Crippen LogP contribution in [0.3, 0.4) is 0 Å². The van der Waals surface area contributed by atoms with Gasteiger partial charge in [-0.05, 0) is 59.7 Å². The number of anilines is 1. The molecule has 3 N–H and O–H groups in total. The molecule has 0 amide bonds. The Labute approximate surface area is 197 Å². The smallest absolute Gasteiger partial charge is 0.190 e. The maximum absolute atomic E-state index is 13.5. The van der Waals surface area contributed by atoms with Crippen LogP contribution >= 0.6 is 0 Å². The number of fused-ring (bicyclic) bond motifs is 1. The number of aliphatic hydroxyl groups is 1. The van der Waals surface area contributed by atoms with Crippen molar-refractivity contribution in [3.63, 3.8) is 0 Å². The van der Waals surface area contributed by atoms with Crippen LogP contribution in [-0.4, -0.2) is 30.0 Å². The van der Waals surface area contributed by atoms with Crippen LogP contribution in [0.25, 0.3) is 0 Å². The Morgan fingerprint density at radius 2 is 1.65 bits per heavy atom. The molecule has 5 rings (SSSR count). The minimum Gasteiger partial charge on any atom is -0.440 e. The van der Waals surface area contributed by atoms with Gasteiger partial charge in [-0.3, -0.25) is 0 Å². The summed E-state index contributed by atoms with van der Waals surface area (Å²) in [5.74, 6) is 0.316. The molecule has 2 aliphatic rings. The summed E-state index contributed by atoms with van der Waals surface area (Å²) in [6, 6.07) is 18.1. The van der Waals surface area contributed by atoms with Crippen LogP contribution in [0.5, 0.6) is 5.75 Å². The first-order valence-corrected chi connectivity index (χ1v) is 11.3. The second-order valence-corrected chi connectivity index (χ2v) is 8.72. The normalized spacial score (nSPS) is 21.8. The largest absolute Gasteiger partial charge is 0.440 e. The van der Waals surface area contributed by atoms with Crippen molar-refractivity contribution in [1.29, 1.82) is 0 Å². The average Bonchev–Trinajstić information content (AvgIpc) is 3.20. The van der Waals surface area contributed by atoms with Gasteiger partial charge in [0.2, 0.25) is 0 Å². The topological polar surface area (TPSA) is 62.8 Å². The molecule has 1 fully saturated rings. The Morgan fingerprint density at radius 3 is 2.26 bits per heavy atom. The Bertz CT molecular complexity index is 1120. The van der Waals surface area contributed by atoms with Gasteiger partial charge in [-0.2, -0.15) is 0 Å². The van der Waals surface area contributed by atoms with E-state index in [0.717, 1.165) is 28.1 Å². The van der Waals surface area contributed by atoms with Crippen LogP contribution in [0.2, 0.25) is 0 Å². The van der Waals surface area contributed by atoms with Gasteiger partial charge in [-0.1, -0.05) is 30.3 Å². The molecule has 5 nitrogen and oxygen atoms in total. The molecule has 0 aromatic heterocycles. The fourth-order valence-electron chi connectivity index (χ4n) is 4.62. The minimum absolute atomic E-state index is 0.249. The van der Waals surface area contributed by atoms with Crippen molar-refractivity contribution in [2.75, 3.05) is 11.9 Å². The van der Waals surface area contributed by atoms with Gasteiger partial charge in [-0.15, -0.1) is 0 Å². The number of nitrogens with one attached hydrogen (secondary N) is 2. The molecule has 3 unspecified atom stereocenters. The number of halogens is 2. The highest BCUT2D eigenvalue weighted by Gasteiger charge is 2.35. The first-order chi connectivity index (χ1) is 16.5.